The largest absolute Gasteiger partial charge is 0.123 e. The van der Waals surface area contributed by atoms with E-state index in [0.29, 0.717) is 10.8 Å². The van der Waals surface area contributed by atoms with Gasteiger partial charge >= 0.3 is 0 Å². The Bertz CT molecular complexity index is 341. The Labute approximate surface area is 104 Å². The maximum Gasteiger partial charge on any atom is 0.0344 e. The second kappa shape index (κ2) is 4.79. The highest BCUT2D eigenvalue weighted by Crippen LogP contribution is 2.42. The summed E-state index contributed by atoms with van der Waals surface area (Å²) in [6, 6.07) is 9.18. The summed E-state index contributed by atoms with van der Waals surface area (Å²) >= 11 is 6.23. The number of benzene rings is 1. The van der Waals surface area contributed by atoms with Crippen molar-refractivity contribution in [2.75, 3.05) is 0 Å². The van der Waals surface area contributed by atoms with E-state index in [1.807, 2.05) is 0 Å². The SMILES string of the molecule is CCCc1ccc(C2(C)CCC(Cl)C2)cc1. The van der Waals surface area contributed by atoms with Crippen molar-refractivity contribution in [3.8, 4) is 0 Å². The number of halogens is 1. The predicted molar refractivity (Wildman–Crippen MR) is 71.3 cm³/mol. The van der Waals surface area contributed by atoms with Crippen LogP contribution in [0.5, 0.6) is 0 Å². The molecule has 0 amide bonds. The maximum absolute atomic E-state index is 6.23. The van der Waals surface area contributed by atoms with Crippen LogP contribution in [0.2, 0.25) is 0 Å². The Morgan fingerprint density at radius 1 is 1.31 bits per heavy atom. The number of hydrogen-bond acceptors (Lipinski definition) is 0. The molecule has 0 nitrogen and oxygen atoms in total. The quantitative estimate of drug-likeness (QED) is 0.668. The lowest BCUT2D eigenvalue weighted by Gasteiger charge is -2.24. The third-order valence-corrected chi connectivity index (χ3v) is 4.24. The molecule has 0 heterocycles. The van der Waals surface area contributed by atoms with Crippen LogP contribution in [0.3, 0.4) is 0 Å². The van der Waals surface area contributed by atoms with E-state index in [1.165, 1.54) is 30.4 Å². The third kappa shape index (κ3) is 2.43. The minimum Gasteiger partial charge on any atom is -0.123 e. The average molecular weight is 237 g/mol. The summed E-state index contributed by atoms with van der Waals surface area (Å²) in [5.74, 6) is 0. The molecule has 0 saturated heterocycles. The van der Waals surface area contributed by atoms with Crippen LogP contribution in [0, 0.1) is 0 Å². The predicted octanol–water partition coefficient (Wildman–Crippen LogP) is 4.69. The molecule has 0 N–H and O–H groups in total. The Morgan fingerprint density at radius 3 is 2.50 bits per heavy atom. The number of alkyl halides is 1. The summed E-state index contributed by atoms with van der Waals surface area (Å²) in [6.45, 7) is 4.58. The summed E-state index contributed by atoms with van der Waals surface area (Å²) in [7, 11) is 0. The topological polar surface area (TPSA) is 0 Å². The van der Waals surface area contributed by atoms with Crippen LogP contribution in [0.15, 0.2) is 24.3 Å². The molecule has 0 bridgehead atoms. The van der Waals surface area contributed by atoms with E-state index < -0.39 is 0 Å². The fraction of sp³-hybridized carbons (Fsp3) is 0.600. The second-order valence-electron chi connectivity index (χ2n) is 5.35. The van der Waals surface area contributed by atoms with E-state index in [9.17, 15) is 0 Å². The molecule has 1 aromatic carbocycles. The zero-order chi connectivity index (χ0) is 11.6. The molecule has 2 rings (SSSR count). The Morgan fingerprint density at radius 2 is 2.00 bits per heavy atom. The summed E-state index contributed by atoms with van der Waals surface area (Å²) in [4.78, 5) is 0. The first-order valence-electron chi connectivity index (χ1n) is 6.37. The van der Waals surface area contributed by atoms with Crippen molar-refractivity contribution in [1.29, 1.82) is 0 Å². The van der Waals surface area contributed by atoms with Crippen molar-refractivity contribution in [2.24, 2.45) is 0 Å². The van der Waals surface area contributed by atoms with Gasteiger partial charge in [-0.3, -0.25) is 0 Å². The normalized spacial score (nSPS) is 29.6. The molecule has 1 heteroatoms. The maximum atomic E-state index is 6.23. The van der Waals surface area contributed by atoms with Crippen molar-refractivity contribution in [1.82, 2.24) is 0 Å². The number of hydrogen-bond donors (Lipinski definition) is 0. The van der Waals surface area contributed by atoms with Crippen LogP contribution in [0.1, 0.15) is 50.7 Å². The fourth-order valence-electron chi connectivity index (χ4n) is 2.79. The number of rotatable bonds is 3. The van der Waals surface area contributed by atoms with Gasteiger partial charge in [0.05, 0.1) is 0 Å². The van der Waals surface area contributed by atoms with Crippen molar-refractivity contribution in [2.45, 2.75) is 56.7 Å². The smallest absolute Gasteiger partial charge is 0.0344 e. The molecule has 0 spiro atoms. The first-order chi connectivity index (χ1) is 7.64. The van der Waals surface area contributed by atoms with Gasteiger partial charge in [0.2, 0.25) is 0 Å². The van der Waals surface area contributed by atoms with E-state index in [0.717, 1.165) is 12.8 Å². The first-order valence-corrected chi connectivity index (χ1v) is 6.81. The molecule has 0 aliphatic heterocycles. The van der Waals surface area contributed by atoms with Crippen molar-refractivity contribution in [3.63, 3.8) is 0 Å². The van der Waals surface area contributed by atoms with E-state index in [1.54, 1.807) is 0 Å². The fourth-order valence-corrected chi connectivity index (χ4v) is 3.24. The molecule has 1 aliphatic carbocycles. The molecule has 16 heavy (non-hydrogen) atoms. The van der Waals surface area contributed by atoms with Gasteiger partial charge in [-0.1, -0.05) is 44.5 Å². The molecular weight excluding hydrogens is 216 g/mol. The molecular formula is C15H21Cl. The average Bonchev–Trinajstić information content (AvgIpc) is 2.61. The molecule has 1 aromatic rings. The lowest BCUT2D eigenvalue weighted by molar-refractivity contribution is 0.492. The van der Waals surface area contributed by atoms with Gasteiger partial charge in [-0.25, -0.2) is 0 Å². The van der Waals surface area contributed by atoms with Crippen LogP contribution < -0.4 is 0 Å². The van der Waals surface area contributed by atoms with E-state index >= 15 is 0 Å². The van der Waals surface area contributed by atoms with Gasteiger partial charge in [0.15, 0.2) is 0 Å². The van der Waals surface area contributed by atoms with Gasteiger partial charge in [0.1, 0.15) is 0 Å². The van der Waals surface area contributed by atoms with Crippen LogP contribution in [-0.4, -0.2) is 5.38 Å². The molecule has 0 radical (unpaired) electrons. The molecule has 0 aromatic heterocycles. The van der Waals surface area contributed by atoms with Crippen LogP contribution in [0.25, 0.3) is 0 Å². The molecule has 1 fully saturated rings. The van der Waals surface area contributed by atoms with Gasteiger partial charge in [-0.2, -0.15) is 0 Å². The van der Waals surface area contributed by atoms with Gasteiger partial charge in [0, 0.05) is 5.38 Å². The highest BCUT2D eigenvalue weighted by Gasteiger charge is 2.35. The van der Waals surface area contributed by atoms with Gasteiger partial charge in [0.25, 0.3) is 0 Å². The first kappa shape index (κ1) is 12.0. The van der Waals surface area contributed by atoms with E-state index in [2.05, 4.69) is 38.1 Å². The summed E-state index contributed by atoms with van der Waals surface area (Å²) in [5, 5.41) is 0.375. The van der Waals surface area contributed by atoms with E-state index in [-0.39, 0.29) is 0 Å². The second-order valence-corrected chi connectivity index (χ2v) is 5.96. The Kier molecular flexibility index (Phi) is 3.59. The van der Waals surface area contributed by atoms with Crippen LogP contribution in [-0.2, 0) is 11.8 Å². The van der Waals surface area contributed by atoms with Crippen LogP contribution in [0.4, 0.5) is 0 Å². The zero-order valence-corrected chi connectivity index (χ0v) is 11.1. The lowest BCUT2D eigenvalue weighted by Crippen LogP contribution is -2.17. The van der Waals surface area contributed by atoms with E-state index in [4.69, 9.17) is 11.6 Å². The molecule has 2 atom stereocenters. The van der Waals surface area contributed by atoms with Crippen molar-refractivity contribution in [3.05, 3.63) is 35.4 Å². The minimum absolute atomic E-state index is 0.317. The summed E-state index contributed by atoms with van der Waals surface area (Å²) in [6.07, 6.45) is 5.93. The standard InChI is InChI=1S/C15H21Cl/c1-3-4-12-5-7-13(8-6-12)15(2)10-9-14(16)11-15/h5-8,14H,3-4,9-11H2,1-2H3. The molecule has 2 unspecified atom stereocenters. The zero-order valence-electron chi connectivity index (χ0n) is 10.3. The molecule has 1 aliphatic rings. The highest BCUT2D eigenvalue weighted by atomic mass is 35.5. The molecule has 88 valence electrons. The van der Waals surface area contributed by atoms with Crippen molar-refractivity contribution >= 4 is 11.6 Å². The lowest BCUT2D eigenvalue weighted by atomic mass is 9.81. The van der Waals surface area contributed by atoms with Crippen LogP contribution >= 0.6 is 11.6 Å². The molecule has 1 saturated carbocycles. The van der Waals surface area contributed by atoms with Gasteiger partial charge in [-0.05, 0) is 42.2 Å². The Balaban J connectivity index is 2.15. The number of aryl methyl sites for hydroxylation is 1. The monoisotopic (exact) mass is 236 g/mol. The highest BCUT2D eigenvalue weighted by molar-refractivity contribution is 6.20. The summed E-state index contributed by atoms with van der Waals surface area (Å²) < 4.78 is 0. The van der Waals surface area contributed by atoms with Gasteiger partial charge < -0.3 is 0 Å². The summed E-state index contributed by atoms with van der Waals surface area (Å²) in [5.41, 5.74) is 3.24. The van der Waals surface area contributed by atoms with Crippen molar-refractivity contribution < 1.29 is 0 Å². The van der Waals surface area contributed by atoms with Gasteiger partial charge in [-0.15, -0.1) is 11.6 Å². The minimum atomic E-state index is 0.317. The Hall–Kier alpha value is -0.490. The third-order valence-electron chi connectivity index (χ3n) is 3.87.